The van der Waals surface area contributed by atoms with Crippen molar-refractivity contribution in [2.75, 3.05) is 6.54 Å². The SMILES string of the molecule is NCc1ccc2nc(C3CCCN3)nn2c1. The normalized spacial score (nSPS) is 20.7. The Morgan fingerprint density at radius 3 is 3.19 bits per heavy atom. The fraction of sp³-hybridized carbons (Fsp3) is 0.455. The molecule has 0 amide bonds. The lowest BCUT2D eigenvalue weighted by Crippen LogP contribution is -2.14. The van der Waals surface area contributed by atoms with E-state index >= 15 is 0 Å². The summed E-state index contributed by atoms with van der Waals surface area (Å²) in [6.45, 7) is 1.60. The van der Waals surface area contributed by atoms with E-state index in [1.165, 1.54) is 6.42 Å². The van der Waals surface area contributed by atoms with Crippen molar-refractivity contribution in [3.05, 3.63) is 29.7 Å². The molecule has 0 aliphatic carbocycles. The molecule has 0 spiro atoms. The molecule has 16 heavy (non-hydrogen) atoms. The van der Waals surface area contributed by atoms with Crippen LogP contribution in [-0.2, 0) is 6.54 Å². The lowest BCUT2D eigenvalue weighted by molar-refractivity contribution is 0.604. The van der Waals surface area contributed by atoms with Crippen LogP contribution >= 0.6 is 0 Å². The Hall–Kier alpha value is -1.46. The predicted octanol–water partition coefficient (Wildman–Crippen LogP) is 0.612. The molecule has 3 N–H and O–H groups in total. The summed E-state index contributed by atoms with van der Waals surface area (Å²) >= 11 is 0. The quantitative estimate of drug-likeness (QED) is 0.773. The van der Waals surface area contributed by atoms with E-state index in [4.69, 9.17) is 5.73 Å². The minimum atomic E-state index is 0.321. The molecular weight excluding hydrogens is 202 g/mol. The van der Waals surface area contributed by atoms with Crippen molar-refractivity contribution in [1.29, 1.82) is 0 Å². The highest BCUT2D eigenvalue weighted by molar-refractivity contribution is 5.39. The molecule has 1 atom stereocenters. The zero-order valence-corrected chi connectivity index (χ0v) is 9.06. The molecule has 3 heterocycles. The first-order valence-corrected chi connectivity index (χ1v) is 5.65. The van der Waals surface area contributed by atoms with Gasteiger partial charge in [0.1, 0.15) is 0 Å². The maximum absolute atomic E-state index is 5.60. The molecule has 5 heteroatoms. The molecule has 1 unspecified atom stereocenters. The van der Waals surface area contributed by atoms with E-state index in [-0.39, 0.29) is 0 Å². The van der Waals surface area contributed by atoms with Crippen LogP contribution in [0.5, 0.6) is 0 Å². The average Bonchev–Trinajstić information content (AvgIpc) is 2.96. The summed E-state index contributed by atoms with van der Waals surface area (Å²) in [6, 6.07) is 4.28. The molecule has 0 aromatic carbocycles. The number of rotatable bonds is 2. The van der Waals surface area contributed by atoms with E-state index in [1.54, 1.807) is 0 Å². The van der Waals surface area contributed by atoms with Crippen molar-refractivity contribution in [2.24, 2.45) is 5.73 Å². The Morgan fingerprint density at radius 2 is 2.44 bits per heavy atom. The topological polar surface area (TPSA) is 68.2 Å². The molecule has 1 aliphatic rings. The molecule has 0 bridgehead atoms. The summed E-state index contributed by atoms with van der Waals surface area (Å²) in [4.78, 5) is 4.52. The van der Waals surface area contributed by atoms with E-state index in [9.17, 15) is 0 Å². The summed E-state index contributed by atoms with van der Waals surface area (Å²) in [6.07, 6.45) is 4.27. The second-order valence-corrected chi connectivity index (χ2v) is 4.16. The minimum absolute atomic E-state index is 0.321. The predicted molar refractivity (Wildman–Crippen MR) is 60.9 cm³/mol. The number of pyridine rings is 1. The zero-order valence-electron chi connectivity index (χ0n) is 9.06. The van der Waals surface area contributed by atoms with E-state index in [0.717, 1.165) is 30.0 Å². The van der Waals surface area contributed by atoms with Gasteiger partial charge in [-0.25, -0.2) is 9.50 Å². The maximum Gasteiger partial charge on any atom is 0.168 e. The summed E-state index contributed by atoms with van der Waals surface area (Å²) in [5.74, 6) is 0.895. The zero-order chi connectivity index (χ0) is 11.0. The van der Waals surface area contributed by atoms with E-state index in [1.807, 2.05) is 22.8 Å². The molecule has 1 aliphatic heterocycles. The number of nitrogens with two attached hydrogens (primary N) is 1. The smallest absolute Gasteiger partial charge is 0.168 e. The first kappa shape index (κ1) is 9.74. The van der Waals surface area contributed by atoms with Gasteiger partial charge in [0, 0.05) is 12.7 Å². The van der Waals surface area contributed by atoms with Crippen LogP contribution in [0.4, 0.5) is 0 Å². The van der Waals surface area contributed by atoms with Gasteiger partial charge >= 0.3 is 0 Å². The third kappa shape index (κ3) is 1.58. The standard InChI is InChI=1S/C11H15N5/c12-6-8-3-4-10-14-11(15-16(10)7-8)9-2-1-5-13-9/h3-4,7,9,13H,1-2,5-6,12H2. The van der Waals surface area contributed by atoms with Gasteiger partial charge in [-0.05, 0) is 31.0 Å². The van der Waals surface area contributed by atoms with Crippen LogP contribution in [-0.4, -0.2) is 21.1 Å². The van der Waals surface area contributed by atoms with Crippen LogP contribution in [0.3, 0.4) is 0 Å². The van der Waals surface area contributed by atoms with Gasteiger partial charge in [-0.15, -0.1) is 5.10 Å². The summed E-state index contributed by atoms with van der Waals surface area (Å²) in [5, 5.41) is 7.89. The molecule has 1 saturated heterocycles. The van der Waals surface area contributed by atoms with Crippen LogP contribution in [0.15, 0.2) is 18.3 Å². The number of hydrogen-bond acceptors (Lipinski definition) is 4. The maximum atomic E-state index is 5.60. The first-order valence-electron chi connectivity index (χ1n) is 5.65. The van der Waals surface area contributed by atoms with Crippen LogP contribution < -0.4 is 11.1 Å². The Morgan fingerprint density at radius 1 is 1.50 bits per heavy atom. The second kappa shape index (κ2) is 3.84. The Kier molecular flexibility index (Phi) is 2.34. The summed E-state index contributed by atoms with van der Waals surface area (Å²) in [7, 11) is 0. The van der Waals surface area contributed by atoms with Crippen molar-refractivity contribution in [1.82, 2.24) is 19.9 Å². The van der Waals surface area contributed by atoms with Crippen molar-refractivity contribution < 1.29 is 0 Å². The number of aromatic nitrogens is 3. The molecule has 3 rings (SSSR count). The molecule has 0 radical (unpaired) electrons. The van der Waals surface area contributed by atoms with Gasteiger partial charge < -0.3 is 11.1 Å². The molecule has 1 fully saturated rings. The van der Waals surface area contributed by atoms with Crippen molar-refractivity contribution in [3.63, 3.8) is 0 Å². The molecule has 2 aromatic rings. The van der Waals surface area contributed by atoms with E-state index in [0.29, 0.717) is 12.6 Å². The fourth-order valence-electron chi connectivity index (χ4n) is 2.12. The highest BCUT2D eigenvalue weighted by Crippen LogP contribution is 2.20. The molecular formula is C11H15N5. The van der Waals surface area contributed by atoms with Crippen molar-refractivity contribution >= 4 is 5.65 Å². The largest absolute Gasteiger partial charge is 0.326 e. The van der Waals surface area contributed by atoms with E-state index < -0.39 is 0 Å². The molecule has 0 saturated carbocycles. The van der Waals surface area contributed by atoms with Gasteiger partial charge in [-0.3, -0.25) is 0 Å². The van der Waals surface area contributed by atoms with Gasteiger partial charge in [-0.1, -0.05) is 6.07 Å². The van der Waals surface area contributed by atoms with Crippen molar-refractivity contribution in [2.45, 2.75) is 25.4 Å². The molecule has 5 nitrogen and oxygen atoms in total. The number of hydrogen-bond donors (Lipinski definition) is 2. The second-order valence-electron chi connectivity index (χ2n) is 4.16. The third-order valence-corrected chi connectivity index (χ3v) is 3.02. The third-order valence-electron chi connectivity index (χ3n) is 3.02. The number of nitrogens with one attached hydrogen (secondary N) is 1. The lowest BCUT2D eigenvalue weighted by Gasteiger charge is -2.02. The molecule has 2 aromatic heterocycles. The Balaban J connectivity index is 2.01. The van der Waals surface area contributed by atoms with Gasteiger partial charge in [-0.2, -0.15) is 0 Å². The van der Waals surface area contributed by atoms with Crippen molar-refractivity contribution in [3.8, 4) is 0 Å². The Bertz CT molecular complexity index is 498. The highest BCUT2D eigenvalue weighted by Gasteiger charge is 2.20. The van der Waals surface area contributed by atoms with Crippen LogP contribution in [0.25, 0.3) is 5.65 Å². The molecule has 84 valence electrons. The lowest BCUT2D eigenvalue weighted by atomic mass is 10.2. The van der Waals surface area contributed by atoms with Gasteiger partial charge in [0.2, 0.25) is 0 Å². The fourth-order valence-corrected chi connectivity index (χ4v) is 2.12. The number of fused-ring (bicyclic) bond motifs is 1. The highest BCUT2D eigenvalue weighted by atomic mass is 15.3. The number of nitrogens with zero attached hydrogens (tertiary/aromatic N) is 3. The first-order chi connectivity index (χ1) is 7.86. The average molecular weight is 217 g/mol. The van der Waals surface area contributed by atoms with E-state index in [2.05, 4.69) is 15.4 Å². The van der Waals surface area contributed by atoms with Crippen LogP contribution in [0.1, 0.15) is 30.3 Å². The van der Waals surface area contributed by atoms with Crippen LogP contribution in [0, 0.1) is 0 Å². The van der Waals surface area contributed by atoms with Gasteiger partial charge in [0.15, 0.2) is 11.5 Å². The van der Waals surface area contributed by atoms with Gasteiger partial charge in [0.05, 0.1) is 6.04 Å². The Labute approximate surface area is 93.7 Å². The summed E-state index contributed by atoms with van der Waals surface area (Å²) in [5.41, 5.74) is 7.56. The minimum Gasteiger partial charge on any atom is -0.326 e. The monoisotopic (exact) mass is 217 g/mol. The summed E-state index contributed by atoms with van der Waals surface area (Å²) < 4.78 is 1.82. The van der Waals surface area contributed by atoms with Crippen LogP contribution in [0.2, 0.25) is 0 Å². The van der Waals surface area contributed by atoms with Gasteiger partial charge in [0.25, 0.3) is 0 Å².